The van der Waals surface area contributed by atoms with Crippen molar-refractivity contribution in [2.24, 2.45) is 5.92 Å². The monoisotopic (exact) mass is 300 g/mol. The third-order valence-corrected chi connectivity index (χ3v) is 4.93. The molecular formula is C17H21FN4. The maximum atomic E-state index is 13.1. The average Bonchev–Trinajstić information content (AvgIpc) is 3.17. The second kappa shape index (κ2) is 5.39. The summed E-state index contributed by atoms with van der Waals surface area (Å²) in [6.07, 6.45) is 4.22. The molecule has 1 unspecified atom stereocenters. The van der Waals surface area contributed by atoms with Crippen molar-refractivity contribution in [1.82, 2.24) is 15.1 Å². The SMILES string of the molecule is Fc1ccc(C2(CNCC3CNc4ccnn4C3)CC2)cc1. The Morgan fingerprint density at radius 2 is 2.09 bits per heavy atom. The van der Waals surface area contributed by atoms with Crippen LogP contribution in [0.25, 0.3) is 0 Å². The van der Waals surface area contributed by atoms with Crippen LogP contribution in [0.2, 0.25) is 0 Å². The molecule has 1 aromatic carbocycles. The predicted octanol–water partition coefficient (Wildman–Crippen LogP) is 2.39. The maximum Gasteiger partial charge on any atom is 0.124 e. The average molecular weight is 300 g/mol. The van der Waals surface area contributed by atoms with E-state index in [-0.39, 0.29) is 11.2 Å². The van der Waals surface area contributed by atoms with Gasteiger partial charge < -0.3 is 10.6 Å². The van der Waals surface area contributed by atoms with Crippen molar-refractivity contribution < 1.29 is 4.39 Å². The first-order chi connectivity index (χ1) is 10.8. The van der Waals surface area contributed by atoms with Crippen molar-refractivity contribution in [3.63, 3.8) is 0 Å². The van der Waals surface area contributed by atoms with Gasteiger partial charge in [0.25, 0.3) is 0 Å². The van der Waals surface area contributed by atoms with E-state index in [4.69, 9.17) is 0 Å². The molecule has 5 heteroatoms. The van der Waals surface area contributed by atoms with E-state index >= 15 is 0 Å². The summed E-state index contributed by atoms with van der Waals surface area (Å²) in [5, 5.41) is 11.4. The first-order valence-electron chi connectivity index (χ1n) is 7.98. The Labute approximate surface area is 129 Å². The number of aromatic nitrogens is 2. The van der Waals surface area contributed by atoms with Gasteiger partial charge in [0.05, 0.1) is 6.20 Å². The zero-order valence-corrected chi connectivity index (χ0v) is 12.6. The smallest absolute Gasteiger partial charge is 0.124 e. The second-order valence-corrected chi connectivity index (χ2v) is 6.56. The first kappa shape index (κ1) is 13.8. The minimum atomic E-state index is -0.157. The normalized spacial score (nSPS) is 22.0. The molecule has 0 bridgehead atoms. The highest BCUT2D eigenvalue weighted by molar-refractivity contribution is 5.35. The number of anilines is 1. The van der Waals surface area contributed by atoms with Gasteiger partial charge in [-0.2, -0.15) is 5.10 Å². The highest BCUT2D eigenvalue weighted by Gasteiger charge is 2.43. The quantitative estimate of drug-likeness (QED) is 0.891. The van der Waals surface area contributed by atoms with Crippen LogP contribution in [0.3, 0.4) is 0 Å². The van der Waals surface area contributed by atoms with Gasteiger partial charge in [0, 0.05) is 43.6 Å². The van der Waals surface area contributed by atoms with Gasteiger partial charge in [-0.3, -0.25) is 0 Å². The third-order valence-electron chi connectivity index (χ3n) is 4.93. The lowest BCUT2D eigenvalue weighted by Crippen LogP contribution is -2.38. The molecule has 1 atom stereocenters. The second-order valence-electron chi connectivity index (χ2n) is 6.56. The highest BCUT2D eigenvalue weighted by Crippen LogP contribution is 2.47. The summed E-state index contributed by atoms with van der Waals surface area (Å²) < 4.78 is 15.1. The van der Waals surface area contributed by atoms with E-state index in [0.717, 1.165) is 32.0 Å². The van der Waals surface area contributed by atoms with Crippen LogP contribution in [0.15, 0.2) is 36.5 Å². The van der Waals surface area contributed by atoms with Crippen molar-refractivity contribution >= 4 is 5.82 Å². The van der Waals surface area contributed by atoms with Crippen molar-refractivity contribution in [2.75, 3.05) is 25.0 Å². The number of nitrogens with zero attached hydrogens (tertiary/aromatic N) is 2. The Bertz CT molecular complexity index is 645. The summed E-state index contributed by atoms with van der Waals surface area (Å²) in [5.41, 5.74) is 1.49. The number of halogens is 1. The molecule has 0 spiro atoms. The lowest BCUT2D eigenvalue weighted by molar-refractivity contribution is 0.384. The summed E-state index contributed by atoms with van der Waals surface area (Å²) in [6, 6.07) is 9.02. The fraction of sp³-hybridized carbons (Fsp3) is 0.471. The van der Waals surface area contributed by atoms with Crippen LogP contribution in [-0.4, -0.2) is 29.4 Å². The zero-order valence-electron chi connectivity index (χ0n) is 12.6. The molecule has 4 rings (SSSR count). The van der Waals surface area contributed by atoms with E-state index in [0.29, 0.717) is 5.92 Å². The molecule has 116 valence electrons. The molecule has 0 saturated heterocycles. The summed E-state index contributed by atoms with van der Waals surface area (Å²) >= 11 is 0. The Balaban J connectivity index is 1.31. The van der Waals surface area contributed by atoms with E-state index in [1.807, 2.05) is 29.1 Å². The van der Waals surface area contributed by atoms with Crippen LogP contribution in [0, 0.1) is 11.7 Å². The highest BCUT2D eigenvalue weighted by atomic mass is 19.1. The summed E-state index contributed by atoms with van der Waals surface area (Å²) in [6.45, 7) is 3.91. The number of nitrogens with one attached hydrogen (secondary N) is 2. The standard InChI is InChI=1S/C17H21FN4/c18-15-3-1-14(2-4-15)17(6-7-17)12-19-9-13-10-20-16-5-8-21-22(16)11-13/h1-5,8,13,19-20H,6-7,9-12H2. The van der Waals surface area contributed by atoms with Gasteiger partial charge in [0.2, 0.25) is 0 Å². The molecular weight excluding hydrogens is 279 g/mol. The van der Waals surface area contributed by atoms with Crippen molar-refractivity contribution in [3.05, 3.63) is 47.9 Å². The van der Waals surface area contributed by atoms with E-state index in [2.05, 4.69) is 15.7 Å². The molecule has 1 saturated carbocycles. The lowest BCUT2D eigenvalue weighted by atomic mass is 9.95. The van der Waals surface area contributed by atoms with Gasteiger partial charge in [-0.25, -0.2) is 9.07 Å². The molecule has 2 aliphatic rings. The molecule has 1 aliphatic carbocycles. The Kier molecular flexibility index (Phi) is 3.37. The number of rotatable bonds is 5. The van der Waals surface area contributed by atoms with Crippen LogP contribution in [0.4, 0.5) is 10.2 Å². The van der Waals surface area contributed by atoms with E-state index in [9.17, 15) is 4.39 Å². The molecule has 2 heterocycles. The van der Waals surface area contributed by atoms with Crippen molar-refractivity contribution in [1.29, 1.82) is 0 Å². The van der Waals surface area contributed by atoms with Gasteiger partial charge in [0.1, 0.15) is 11.6 Å². The van der Waals surface area contributed by atoms with Crippen LogP contribution in [-0.2, 0) is 12.0 Å². The van der Waals surface area contributed by atoms with E-state index in [1.165, 1.54) is 18.4 Å². The number of fused-ring (bicyclic) bond motifs is 1. The first-order valence-corrected chi connectivity index (χ1v) is 7.98. The van der Waals surface area contributed by atoms with E-state index < -0.39 is 0 Å². The van der Waals surface area contributed by atoms with Gasteiger partial charge in [-0.15, -0.1) is 0 Å². The topological polar surface area (TPSA) is 41.9 Å². The number of hydrogen-bond donors (Lipinski definition) is 2. The Morgan fingerprint density at radius 1 is 1.27 bits per heavy atom. The molecule has 22 heavy (non-hydrogen) atoms. The minimum absolute atomic E-state index is 0.157. The molecule has 1 aliphatic heterocycles. The molecule has 2 aromatic rings. The molecule has 0 radical (unpaired) electrons. The van der Waals surface area contributed by atoms with Crippen molar-refractivity contribution in [3.8, 4) is 0 Å². The zero-order chi connectivity index (χ0) is 15.0. The van der Waals surface area contributed by atoms with Crippen molar-refractivity contribution in [2.45, 2.75) is 24.8 Å². The summed E-state index contributed by atoms with van der Waals surface area (Å²) in [5.74, 6) is 1.51. The Hall–Kier alpha value is -1.88. The van der Waals surface area contributed by atoms with Crippen LogP contribution >= 0.6 is 0 Å². The lowest BCUT2D eigenvalue weighted by Gasteiger charge is -2.26. The van der Waals surface area contributed by atoms with Crippen LogP contribution < -0.4 is 10.6 Å². The molecule has 0 amide bonds. The fourth-order valence-corrected chi connectivity index (χ4v) is 3.36. The number of benzene rings is 1. The number of hydrogen-bond acceptors (Lipinski definition) is 3. The van der Waals surface area contributed by atoms with Crippen LogP contribution in [0.5, 0.6) is 0 Å². The maximum absolute atomic E-state index is 13.1. The van der Waals surface area contributed by atoms with Gasteiger partial charge in [0.15, 0.2) is 0 Å². The minimum Gasteiger partial charge on any atom is -0.370 e. The van der Waals surface area contributed by atoms with Crippen LogP contribution in [0.1, 0.15) is 18.4 Å². The van der Waals surface area contributed by atoms with E-state index in [1.54, 1.807) is 12.1 Å². The van der Waals surface area contributed by atoms with Gasteiger partial charge in [-0.1, -0.05) is 12.1 Å². The van der Waals surface area contributed by atoms with Gasteiger partial charge in [-0.05, 0) is 30.5 Å². The molecule has 1 aromatic heterocycles. The predicted molar refractivity (Wildman–Crippen MR) is 84.4 cm³/mol. The largest absolute Gasteiger partial charge is 0.370 e. The fourth-order valence-electron chi connectivity index (χ4n) is 3.36. The summed E-state index contributed by atoms with van der Waals surface area (Å²) in [4.78, 5) is 0. The van der Waals surface area contributed by atoms with Gasteiger partial charge >= 0.3 is 0 Å². The summed E-state index contributed by atoms with van der Waals surface area (Å²) in [7, 11) is 0. The third kappa shape index (κ3) is 2.61. The molecule has 1 fully saturated rings. The molecule has 2 N–H and O–H groups in total. The molecule has 4 nitrogen and oxygen atoms in total. The Morgan fingerprint density at radius 3 is 2.86 bits per heavy atom.